The van der Waals surface area contributed by atoms with E-state index in [0.29, 0.717) is 23.7 Å². The Labute approximate surface area is 93.7 Å². The summed E-state index contributed by atoms with van der Waals surface area (Å²) in [6.45, 7) is 3.56. The number of methoxy groups -OCH3 is 1. The van der Waals surface area contributed by atoms with Crippen LogP contribution in [0.1, 0.15) is 18.9 Å². The molecule has 1 atom stereocenters. The Morgan fingerprint density at radius 2 is 2.31 bits per heavy atom. The summed E-state index contributed by atoms with van der Waals surface area (Å²) >= 11 is 0. The fourth-order valence-corrected chi connectivity index (χ4v) is 1.29. The Balaban J connectivity index is 2.92. The zero-order chi connectivity index (χ0) is 12.1. The summed E-state index contributed by atoms with van der Waals surface area (Å²) in [5.41, 5.74) is 0.699. The first-order valence-electron chi connectivity index (χ1n) is 4.95. The number of aromatic nitrogens is 2. The predicted octanol–water partition coefficient (Wildman–Crippen LogP) is 1.07. The Morgan fingerprint density at radius 3 is 2.81 bits per heavy atom. The minimum atomic E-state index is -0.903. The molecule has 1 heterocycles. The van der Waals surface area contributed by atoms with E-state index in [2.05, 4.69) is 15.3 Å². The number of nitrogens with one attached hydrogen (secondary N) is 1. The first-order valence-corrected chi connectivity index (χ1v) is 4.95. The van der Waals surface area contributed by atoms with Crippen LogP contribution in [0.3, 0.4) is 0 Å². The highest BCUT2D eigenvalue weighted by atomic mass is 16.5. The van der Waals surface area contributed by atoms with Crippen molar-refractivity contribution in [1.82, 2.24) is 9.97 Å². The molecule has 6 heteroatoms. The molecule has 1 aromatic rings. The van der Waals surface area contributed by atoms with Gasteiger partial charge in [-0.2, -0.15) is 0 Å². The maximum atomic E-state index is 10.9. The monoisotopic (exact) mass is 225 g/mol. The minimum Gasteiger partial charge on any atom is -0.481 e. The van der Waals surface area contributed by atoms with Crippen LogP contribution in [0.2, 0.25) is 0 Å². The van der Waals surface area contributed by atoms with Crippen LogP contribution in [0.5, 0.6) is 5.88 Å². The van der Waals surface area contributed by atoms with Gasteiger partial charge in [0.2, 0.25) is 5.88 Å². The van der Waals surface area contributed by atoms with Gasteiger partial charge in [0.05, 0.1) is 12.7 Å². The molecule has 0 aliphatic rings. The van der Waals surface area contributed by atoms with Gasteiger partial charge in [-0.3, -0.25) is 0 Å². The van der Waals surface area contributed by atoms with Crippen LogP contribution < -0.4 is 10.1 Å². The van der Waals surface area contributed by atoms with Crippen LogP contribution >= 0.6 is 0 Å². The van der Waals surface area contributed by atoms with Crippen molar-refractivity contribution < 1.29 is 14.6 Å². The van der Waals surface area contributed by atoms with Gasteiger partial charge in [0, 0.05) is 0 Å². The summed E-state index contributed by atoms with van der Waals surface area (Å²) in [5, 5.41) is 11.8. The first-order chi connectivity index (χ1) is 7.60. The van der Waals surface area contributed by atoms with E-state index >= 15 is 0 Å². The largest absolute Gasteiger partial charge is 0.481 e. The molecule has 0 aromatic carbocycles. The number of anilines is 1. The zero-order valence-electron chi connectivity index (χ0n) is 9.52. The van der Waals surface area contributed by atoms with Crippen LogP contribution in [0.15, 0.2) is 6.33 Å². The van der Waals surface area contributed by atoms with Gasteiger partial charge in [-0.05, 0) is 13.3 Å². The molecule has 16 heavy (non-hydrogen) atoms. The van der Waals surface area contributed by atoms with E-state index in [1.165, 1.54) is 13.4 Å². The minimum absolute atomic E-state index is 0.442. The van der Waals surface area contributed by atoms with Gasteiger partial charge in [-0.15, -0.1) is 0 Å². The van der Waals surface area contributed by atoms with E-state index in [1.54, 1.807) is 13.8 Å². The van der Waals surface area contributed by atoms with Gasteiger partial charge in [0.25, 0.3) is 0 Å². The Bertz CT molecular complexity index is 382. The van der Waals surface area contributed by atoms with Gasteiger partial charge < -0.3 is 15.2 Å². The van der Waals surface area contributed by atoms with Crippen molar-refractivity contribution in [3.8, 4) is 5.88 Å². The molecule has 0 aliphatic heterocycles. The molecule has 0 spiro atoms. The highest BCUT2D eigenvalue weighted by molar-refractivity contribution is 5.77. The van der Waals surface area contributed by atoms with E-state index in [9.17, 15) is 4.79 Å². The topological polar surface area (TPSA) is 84.3 Å². The van der Waals surface area contributed by atoms with Gasteiger partial charge in [0.15, 0.2) is 0 Å². The number of rotatable bonds is 5. The van der Waals surface area contributed by atoms with Crippen molar-refractivity contribution in [3.05, 3.63) is 11.9 Å². The molecule has 0 fully saturated rings. The number of carboxylic acids is 1. The lowest BCUT2D eigenvalue weighted by atomic mass is 10.2. The molecule has 88 valence electrons. The maximum Gasteiger partial charge on any atom is 0.326 e. The lowest BCUT2D eigenvalue weighted by molar-refractivity contribution is -0.137. The van der Waals surface area contributed by atoms with Crippen molar-refractivity contribution in [1.29, 1.82) is 0 Å². The number of hydrogen-bond donors (Lipinski definition) is 2. The molecule has 0 aliphatic carbocycles. The number of aliphatic carboxylic acids is 1. The second-order valence-corrected chi connectivity index (χ2v) is 3.30. The lowest BCUT2D eigenvalue weighted by Crippen LogP contribution is -2.29. The van der Waals surface area contributed by atoms with Crippen LogP contribution in [-0.4, -0.2) is 34.2 Å². The molecule has 0 bridgehead atoms. The Hall–Kier alpha value is -1.85. The standard InChI is InChI=1S/C10H15N3O3/c1-4-7(10(14)15)13-8-6(2)9(16-3)12-5-11-8/h5,7H,4H2,1-3H3,(H,14,15)(H,11,12,13). The third-order valence-electron chi connectivity index (χ3n) is 2.25. The summed E-state index contributed by atoms with van der Waals surface area (Å²) in [6.07, 6.45) is 1.81. The summed E-state index contributed by atoms with van der Waals surface area (Å²) in [4.78, 5) is 18.8. The second-order valence-electron chi connectivity index (χ2n) is 3.30. The first kappa shape index (κ1) is 12.2. The smallest absolute Gasteiger partial charge is 0.326 e. The summed E-state index contributed by atoms with van der Waals surface area (Å²) in [5.74, 6) is 0.0262. The summed E-state index contributed by atoms with van der Waals surface area (Å²) in [6, 6.07) is -0.654. The van der Waals surface area contributed by atoms with Crippen molar-refractivity contribution in [3.63, 3.8) is 0 Å². The van der Waals surface area contributed by atoms with Gasteiger partial charge >= 0.3 is 5.97 Å². The molecule has 0 saturated carbocycles. The van der Waals surface area contributed by atoms with Crippen molar-refractivity contribution >= 4 is 11.8 Å². The molecule has 6 nitrogen and oxygen atoms in total. The van der Waals surface area contributed by atoms with Crippen LogP contribution in [-0.2, 0) is 4.79 Å². The SMILES string of the molecule is CCC(Nc1ncnc(OC)c1C)C(=O)O. The average molecular weight is 225 g/mol. The maximum absolute atomic E-state index is 10.9. The van der Waals surface area contributed by atoms with E-state index in [1.807, 2.05) is 0 Å². The quantitative estimate of drug-likeness (QED) is 0.779. The second kappa shape index (κ2) is 5.29. The average Bonchev–Trinajstić information content (AvgIpc) is 2.27. The fraction of sp³-hybridized carbons (Fsp3) is 0.500. The predicted molar refractivity (Wildman–Crippen MR) is 58.7 cm³/mol. The Kier molecular flexibility index (Phi) is 4.04. The molecule has 0 saturated heterocycles. The van der Waals surface area contributed by atoms with Crippen molar-refractivity contribution in [2.24, 2.45) is 0 Å². The molecule has 0 amide bonds. The normalized spacial score (nSPS) is 11.9. The number of hydrogen-bond acceptors (Lipinski definition) is 5. The highest BCUT2D eigenvalue weighted by Gasteiger charge is 2.17. The highest BCUT2D eigenvalue weighted by Crippen LogP contribution is 2.20. The molecular formula is C10H15N3O3. The van der Waals surface area contributed by atoms with Gasteiger partial charge in [-0.25, -0.2) is 14.8 Å². The molecule has 1 unspecified atom stereocenters. The molecule has 1 aromatic heterocycles. The third-order valence-corrected chi connectivity index (χ3v) is 2.25. The zero-order valence-corrected chi connectivity index (χ0v) is 9.52. The molecule has 1 rings (SSSR count). The number of ether oxygens (including phenoxy) is 1. The van der Waals surface area contributed by atoms with E-state index in [-0.39, 0.29) is 0 Å². The van der Waals surface area contributed by atoms with E-state index in [4.69, 9.17) is 9.84 Å². The number of carboxylic acid groups (broad SMARTS) is 1. The molecular weight excluding hydrogens is 210 g/mol. The Morgan fingerprint density at radius 1 is 1.62 bits per heavy atom. The number of carbonyl (C=O) groups is 1. The van der Waals surface area contributed by atoms with E-state index < -0.39 is 12.0 Å². The van der Waals surface area contributed by atoms with Crippen molar-refractivity contribution in [2.75, 3.05) is 12.4 Å². The third kappa shape index (κ3) is 2.59. The molecule has 0 radical (unpaired) electrons. The van der Waals surface area contributed by atoms with Crippen LogP contribution in [0, 0.1) is 6.92 Å². The van der Waals surface area contributed by atoms with Gasteiger partial charge in [-0.1, -0.05) is 6.92 Å². The van der Waals surface area contributed by atoms with Gasteiger partial charge in [0.1, 0.15) is 18.2 Å². The number of nitrogens with zero attached hydrogens (tertiary/aromatic N) is 2. The summed E-state index contributed by atoms with van der Waals surface area (Å²) < 4.78 is 5.02. The fourth-order valence-electron chi connectivity index (χ4n) is 1.29. The lowest BCUT2D eigenvalue weighted by Gasteiger charge is -2.15. The van der Waals surface area contributed by atoms with Crippen LogP contribution in [0.4, 0.5) is 5.82 Å². The molecule has 2 N–H and O–H groups in total. The van der Waals surface area contributed by atoms with E-state index in [0.717, 1.165) is 0 Å². The van der Waals surface area contributed by atoms with Crippen molar-refractivity contribution in [2.45, 2.75) is 26.3 Å². The summed E-state index contributed by atoms with van der Waals surface area (Å²) in [7, 11) is 1.51. The van der Waals surface area contributed by atoms with Crippen LogP contribution in [0.25, 0.3) is 0 Å².